The van der Waals surface area contributed by atoms with Crippen LogP contribution in [0.3, 0.4) is 0 Å². The van der Waals surface area contributed by atoms with Crippen LogP contribution in [0.1, 0.15) is 32.6 Å². The molecule has 1 heterocycles. The van der Waals surface area contributed by atoms with Crippen molar-refractivity contribution >= 4 is 40.0 Å². The molecule has 1 aliphatic heterocycles. The highest BCUT2D eigenvalue weighted by Crippen LogP contribution is 2.14. The summed E-state index contributed by atoms with van der Waals surface area (Å²) in [6, 6.07) is 0. The van der Waals surface area contributed by atoms with Gasteiger partial charge >= 0.3 is 0 Å². The van der Waals surface area contributed by atoms with Gasteiger partial charge in [-0.3, -0.25) is 4.99 Å². The van der Waals surface area contributed by atoms with Gasteiger partial charge in [0.2, 0.25) is 10.0 Å². The van der Waals surface area contributed by atoms with E-state index in [9.17, 15) is 8.42 Å². The van der Waals surface area contributed by atoms with Crippen molar-refractivity contribution in [1.29, 1.82) is 0 Å². The summed E-state index contributed by atoms with van der Waals surface area (Å²) >= 11 is 0. The fourth-order valence-corrected chi connectivity index (χ4v) is 3.48. The van der Waals surface area contributed by atoms with Crippen molar-refractivity contribution in [3.05, 3.63) is 0 Å². The molecule has 0 aromatic carbocycles. The predicted octanol–water partition coefficient (Wildman–Crippen LogP) is 1.27. The molecule has 0 aromatic rings. The first-order valence-corrected chi connectivity index (χ1v) is 11.1. The van der Waals surface area contributed by atoms with Crippen molar-refractivity contribution in [2.45, 2.75) is 32.6 Å². The lowest BCUT2D eigenvalue weighted by Gasteiger charge is -2.21. The molecule has 0 unspecified atom stereocenters. The van der Waals surface area contributed by atoms with E-state index in [1.54, 1.807) is 21.0 Å². The van der Waals surface area contributed by atoms with E-state index in [0.717, 1.165) is 64.6 Å². The highest BCUT2D eigenvalue weighted by Gasteiger charge is 2.14. The summed E-state index contributed by atoms with van der Waals surface area (Å²) in [4.78, 5) is 4.17. The molecule has 0 bridgehead atoms. The van der Waals surface area contributed by atoms with Crippen LogP contribution >= 0.6 is 24.0 Å². The lowest BCUT2D eigenvalue weighted by molar-refractivity contribution is 0.0203. The van der Waals surface area contributed by atoms with Crippen molar-refractivity contribution in [3.8, 4) is 0 Å². The average molecular weight is 520 g/mol. The third-order valence-corrected chi connectivity index (χ3v) is 6.32. The van der Waals surface area contributed by atoms with Gasteiger partial charge in [-0.15, -0.1) is 24.0 Å². The van der Waals surface area contributed by atoms with Crippen LogP contribution < -0.4 is 10.6 Å². The second-order valence-corrected chi connectivity index (χ2v) is 8.85. The first-order chi connectivity index (χ1) is 12.5. The molecule has 10 heteroatoms. The van der Waals surface area contributed by atoms with Crippen LogP contribution in [-0.4, -0.2) is 84.6 Å². The number of ether oxygens (including phenoxy) is 2. The minimum atomic E-state index is -3.10. The van der Waals surface area contributed by atoms with Gasteiger partial charge in [-0.1, -0.05) is 0 Å². The number of rotatable bonds is 12. The van der Waals surface area contributed by atoms with Crippen molar-refractivity contribution < 1.29 is 17.9 Å². The standard InChI is InChI=1S/C17H36N4O4S.HI/c1-4-26(22,23)21(3)11-5-9-19-17(18-2)20-10-6-12-25-15-16-7-13-24-14-8-16;/h16H,4-15H2,1-3H3,(H2,18,19,20);1H. The van der Waals surface area contributed by atoms with Crippen molar-refractivity contribution in [2.24, 2.45) is 10.9 Å². The molecule has 0 radical (unpaired) electrons. The molecule has 8 nitrogen and oxygen atoms in total. The Morgan fingerprint density at radius 3 is 2.44 bits per heavy atom. The van der Waals surface area contributed by atoms with E-state index >= 15 is 0 Å². The molecular formula is C17H37IN4O4S. The predicted molar refractivity (Wildman–Crippen MR) is 120 cm³/mol. The number of hydrogen-bond acceptors (Lipinski definition) is 5. The molecule has 0 saturated carbocycles. The van der Waals surface area contributed by atoms with Gasteiger partial charge in [0.05, 0.1) is 5.75 Å². The maximum Gasteiger partial charge on any atom is 0.213 e. The third-order valence-electron chi connectivity index (χ3n) is 4.46. The Bertz CT molecular complexity index is 499. The van der Waals surface area contributed by atoms with Crippen LogP contribution in [0.4, 0.5) is 0 Å². The lowest BCUT2D eigenvalue weighted by Crippen LogP contribution is -2.39. The minimum absolute atomic E-state index is 0. The fraction of sp³-hybridized carbons (Fsp3) is 0.941. The summed E-state index contributed by atoms with van der Waals surface area (Å²) in [6.45, 7) is 6.89. The normalized spacial score (nSPS) is 16.2. The Kier molecular flexibility index (Phi) is 15.6. The zero-order chi connectivity index (χ0) is 19.3. The quantitative estimate of drug-likeness (QED) is 0.174. The Hall–Kier alpha value is -0.170. The molecule has 0 aromatic heterocycles. The molecule has 0 aliphatic carbocycles. The zero-order valence-electron chi connectivity index (χ0n) is 16.9. The van der Waals surface area contributed by atoms with Gasteiger partial charge in [0.15, 0.2) is 5.96 Å². The SMILES string of the molecule is CCS(=O)(=O)N(C)CCCNC(=NC)NCCCOCC1CCOCC1.I. The maximum atomic E-state index is 11.7. The molecule has 1 fully saturated rings. The Balaban J connectivity index is 0.00000676. The second kappa shape index (κ2) is 15.7. The largest absolute Gasteiger partial charge is 0.381 e. The van der Waals surface area contributed by atoms with E-state index in [1.165, 1.54) is 4.31 Å². The fourth-order valence-electron chi connectivity index (χ4n) is 2.63. The number of halogens is 1. The number of guanidine groups is 1. The van der Waals surface area contributed by atoms with Gasteiger partial charge in [-0.25, -0.2) is 12.7 Å². The van der Waals surface area contributed by atoms with Crippen LogP contribution in [0.2, 0.25) is 0 Å². The number of aliphatic imine (C=N–C) groups is 1. The van der Waals surface area contributed by atoms with Crippen LogP contribution in [0.15, 0.2) is 4.99 Å². The average Bonchev–Trinajstić information content (AvgIpc) is 2.66. The molecule has 2 N–H and O–H groups in total. The number of nitrogens with zero attached hydrogens (tertiary/aromatic N) is 2. The summed E-state index contributed by atoms with van der Waals surface area (Å²) in [7, 11) is 0.247. The molecule has 1 aliphatic rings. The summed E-state index contributed by atoms with van der Waals surface area (Å²) in [6.07, 6.45) is 3.85. The van der Waals surface area contributed by atoms with Crippen LogP contribution in [0, 0.1) is 5.92 Å². The topological polar surface area (TPSA) is 92.3 Å². The highest BCUT2D eigenvalue weighted by atomic mass is 127. The van der Waals surface area contributed by atoms with Gasteiger partial charge < -0.3 is 20.1 Å². The van der Waals surface area contributed by atoms with Gasteiger partial charge in [0.1, 0.15) is 0 Å². The Morgan fingerprint density at radius 1 is 1.22 bits per heavy atom. The van der Waals surface area contributed by atoms with Crippen molar-refractivity contribution in [3.63, 3.8) is 0 Å². The number of sulfonamides is 1. The first kappa shape index (κ1) is 26.8. The summed E-state index contributed by atoms with van der Waals surface area (Å²) in [5.74, 6) is 1.51. The van der Waals surface area contributed by atoms with E-state index in [4.69, 9.17) is 9.47 Å². The molecular weight excluding hydrogens is 483 g/mol. The molecule has 0 amide bonds. The lowest BCUT2D eigenvalue weighted by atomic mass is 10.0. The second-order valence-electron chi connectivity index (χ2n) is 6.49. The van der Waals surface area contributed by atoms with Crippen molar-refractivity contribution in [2.75, 3.05) is 65.9 Å². The minimum Gasteiger partial charge on any atom is -0.381 e. The third kappa shape index (κ3) is 12.1. The number of hydrogen-bond donors (Lipinski definition) is 2. The first-order valence-electron chi connectivity index (χ1n) is 9.53. The monoisotopic (exact) mass is 520 g/mol. The van der Waals surface area contributed by atoms with E-state index in [0.29, 0.717) is 19.0 Å². The van der Waals surface area contributed by atoms with Crippen LogP contribution in [0.25, 0.3) is 0 Å². The smallest absolute Gasteiger partial charge is 0.213 e. The molecule has 162 valence electrons. The van der Waals surface area contributed by atoms with Crippen LogP contribution in [0.5, 0.6) is 0 Å². The van der Waals surface area contributed by atoms with E-state index in [1.807, 2.05) is 0 Å². The van der Waals surface area contributed by atoms with Gasteiger partial charge in [-0.2, -0.15) is 0 Å². The summed E-state index contributed by atoms with van der Waals surface area (Å²) in [5, 5.41) is 6.44. The van der Waals surface area contributed by atoms with Gasteiger partial charge in [-0.05, 0) is 38.5 Å². The van der Waals surface area contributed by atoms with Gasteiger partial charge in [0.25, 0.3) is 0 Å². The van der Waals surface area contributed by atoms with E-state index in [2.05, 4.69) is 15.6 Å². The van der Waals surface area contributed by atoms with E-state index < -0.39 is 10.0 Å². The Labute approximate surface area is 181 Å². The molecule has 0 atom stereocenters. The summed E-state index contributed by atoms with van der Waals surface area (Å²) < 4.78 is 35.8. The zero-order valence-corrected chi connectivity index (χ0v) is 20.1. The summed E-state index contributed by atoms with van der Waals surface area (Å²) in [5.41, 5.74) is 0. The number of nitrogens with one attached hydrogen (secondary N) is 2. The van der Waals surface area contributed by atoms with E-state index in [-0.39, 0.29) is 29.7 Å². The molecule has 1 saturated heterocycles. The Morgan fingerprint density at radius 2 is 1.85 bits per heavy atom. The highest BCUT2D eigenvalue weighted by molar-refractivity contribution is 14.0. The van der Waals surface area contributed by atoms with Crippen LogP contribution in [-0.2, 0) is 19.5 Å². The van der Waals surface area contributed by atoms with Crippen molar-refractivity contribution in [1.82, 2.24) is 14.9 Å². The molecule has 0 spiro atoms. The van der Waals surface area contributed by atoms with Gasteiger partial charge in [0, 0.05) is 60.2 Å². The molecule has 27 heavy (non-hydrogen) atoms. The maximum absolute atomic E-state index is 11.7. The molecule has 1 rings (SSSR count).